The molecule has 0 saturated carbocycles. The van der Waals surface area contributed by atoms with Crippen molar-refractivity contribution in [3.05, 3.63) is 5.01 Å². The van der Waals surface area contributed by atoms with E-state index in [2.05, 4.69) is 10.2 Å². The molecule has 0 bridgehead atoms. The third kappa shape index (κ3) is 1.34. The van der Waals surface area contributed by atoms with Crippen LogP contribution in [-0.2, 0) is 4.74 Å². The summed E-state index contributed by atoms with van der Waals surface area (Å²) in [4.78, 5) is 0. The van der Waals surface area contributed by atoms with Crippen molar-refractivity contribution in [1.82, 2.24) is 10.2 Å². The van der Waals surface area contributed by atoms with Crippen molar-refractivity contribution in [2.75, 3.05) is 18.9 Å². The fourth-order valence-corrected chi connectivity index (χ4v) is 1.87. The third-order valence-corrected chi connectivity index (χ3v) is 2.65. The van der Waals surface area contributed by atoms with E-state index in [0.717, 1.165) is 24.6 Å². The van der Waals surface area contributed by atoms with E-state index in [1.54, 1.807) is 0 Å². The number of hydrogen-bond donors (Lipinski definition) is 1. The second kappa shape index (κ2) is 2.75. The molecule has 2 heterocycles. The molecule has 11 heavy (non-hydrogen) atoms. The zero-order valence-electron chi connectivity index (χ0n) is 5.99. The molecule has 0 spiro atoms. The lowest BCUT2D eigenvalue weighted by Gasteiger charge is -1.98. The largest absolute Gasteiger partial charge is 0.381 e. The summed E-state index contributed by atoms with van der Waals surface area (Å²) < 4.78 is 5.22. The molecule has 2 rings (SSSR count). The van der Waals surface area contributed by atoms with Gasteiger partial charge in [0.25, 0.3) is 0 Å². The zero-order valence-corrected chi connectivity index (χ0v) is 6.80. The van der Waals surface area contributed by atoms with Crippen LogP contribution < -0.4 is 5.73 Å². The van der Waals surface area contributed by atoms with Gasteiger partial charge < -0.3 is 10.5 Å². The van der Waals surface area contributed by atoms with Crippen molar-refractivity contribution in [1.29, 1.82) is 0 Å². The zero-order chi connectivity index (χ0) is 7.68. The quantitative estimate of drug-likeness (QED) is 0.673. The van der Waals surface area contributed by atoms with E-state index < -0.39 is 0 Å². The maximum absolute atomic E-state index is 5.45. The maximum atomic E-state index is 5.45. The second-order valence-corrected chi connectivity index (χ2v) is 3.58. The minimum Gasteiger partial charge on any atom is -0.381 e. The van der Waals surface area contributed by atoms with Gasteiger partial charge in [-0.1, -0.05) is 11.3 Å². The summed E-state index contributed by atoms with van der Waals surface area (Å²) in [5.74, 6) is 0.435. The van der Waals surface area contributed by atoms with E-state index in [1.807, 2.05) is 0 Å². The highest BCUT2D eigenvalue weighted by molar-refractivity contribution is 7.15. The monoisotopic (exact) mass is 171 g/mol. The van der Waals surface area contributed by atoms with Crippen LogP contribution in [0.2, 0.25) is 0 Å². The van der Waals surface area contributed by atoms with Crippen molar-refractivity contribution in [2.24, 2.45) is 0 Å². The topological polar surface area (TPSA) is 61.0 Å². The molecule has 1 fully saturated rings. The lowest BCUT2D eigenvalue weighted by Crippen LogP contribution is -1.95. The second-order valence-electron chi connectivity index (χ2n) is 2.54. The highest BCUT2D eigenvalue weighted by atomic mass is 32.1. The average Bonchev–Trinajstić information content (AvgIpc) is 2.55. The van der Waals surface area contributed by atoms with Gasteiger partial charge in [0.15, 0.2) is 0 Å². The number of nitrogen functional groups attached to an aromatic ring is 1. The first-order valence-corrected chi connectivity index (χ1v) is 4.34. The Balaban J connectivity index is 2.15. The lowest BCUT2D eigenvalue weighted by atomic mass is 10.1. The molecule has 4 nitrogen and oxygen atoms in total. The van der Waals surface area contributed by atoms with Crippen LogP contribution in [0.15, 0.2) is 0 Å². The lowest BCUT2D eigenvalue weighted by molar-refractivity contribution is 0.194. The molecule has 1 aliphatic rings. The van der Waals surface area contributed by atoms with Gasteiger partial charge in [0.05, 0.1) is 6.61 Å². The highest BCUT2D eigenvalue weighted by Gasteiger charge is 2.21. The van der Waals surface area contributed by atoms with Gasteiger partial charge in [0, 0.05) is 12.5 Å². The molecule has 1 aromatic rings. The van der Waals surface area contributed by atoms with E-state index in [4.69, 9.17) is 10.5 Å². The first-order chi connectivity index (χ1) is 5.36. The molecular weight excluding hydrogens is 162 g/mol. The highest BCUT2D eigenvalue weighted by Crippen LogP contribution is 2.27. The van der Waals surface area contributed by atoms with Crippen LogP contribution in [0.5, 0.6) is 0 Å². The number of nitrogens with zero attached hydrogens (tertiary/aromatic N) is 2. The van der Waals surface area contributed by atoms with Gasteiger partial charge in [-0.15, -0.1) is 10.2 Å². The van der Waals surface area contributed by atoms with Crippen LogP contribution >= 0.6 is 11.3 Å². The Kier molecular flexibility index (Phi) is 1.75. The Morgan fingerprint density at radius 1 is 1.55 bits per heavy atom. The molecule has 1 saturated heterocycles. The van der Waals surface area contributed by atoms with Crippen LogP contribution in [-0.4, -0.2) is 23.4 Å². The van der Waals surface area contributed by atoms with Crippen molar-refractivity contribution in [3.8, 4) is 0 Å². The molecular formula is C6H9N3OS. The molecule has 5 heteroatoms. The number of nitrogens with two attached hydrogens (primary N) is 1. The van der Waals surface area contributed by atoms with Crippen LogP contribution in [0.3, 0.4) is 0 Å². The number of hydrogen-bond acceptors (Lipinski definition) is 5. The van der Waals surface area contributed by atoms with E-state index in [1.165, 1.54) is 11.3 Å². The summed E-state index contributed by atoms with van der Waals surface area (Å²) >= 11 is 1.46. The van der Waals surface area contributed by atoms with Crippen molar-refractivity contribution >= 4 is 16.5 Å². The Hall–Kier alpha value is -0.680. The SMILES string of the molecule is Nc1nnc(C2CCOC2)s1. The maximum Gasteiger partial charge on any atom is 0.203 e. The van der Waals surface area contributed by atoms with Crippen LogP contribution in [0.25, 0.3) is 0 Å². The summed E-state index contributed by atoms with van der Waals surface area (Å²) in [6.45, 7) is 1.61. The summed E-state index contributed by atoms with van der Waals surface area (Å²) in [5.41, 5.74) is 5.45. The van der Waals surface area contributed by atoms with Crippen LogP contribution in [0, 0.1) is 0 Å². The molecule has 0 radical (unpaired) electrons. The van der Waals surface area contributed by atoms with Gasteiger partial charge in [-0.05, 0) is 6.42 Å². The van der Waals surface area contributed by atoms with Gasteiger partial charge in [-0.2, -0.15) is 0 Å². The first kappa shape index (κ1) is 7.00. The van der Waals surface area contributed by atoms with Gasteiger partial charge in [0.1, 0.15) is 5.01 Å². The van der Waals surface area contributed by atoms with E-state index in [-0.39, 0.29) is 0 Å². The Labute approximate surface area is 68.4 Å². The molecule has 1 unspecified atom stereocenters. The normalized spacial score (nSPS) is 24.2. The van der Waals surface area contributed by atoms with Crippen LogP contribution in [0.1, 0.15) is 17.3 Å². The Morgan fingerprint density at radius 3 is 3.00 bits per heavy atom. The summed E-state index contributed by atoms with van der Waals surface area (Å²) in [6, 6.07) is 0. The minimum atomic E-state index is 0.435. The molecule has 0 amide bonds. The van der Waals surface area contributed by atoms with E-state index >= 15 is 0 Å². The van der Waals surface area contributed by atoms with Gasteiger partial charge in [-0.3, -0.25) is 0 Å². The van der Waals surface area contributed by atoms with Crippen LogP contribution in [0.4, 0.5) is 5.13 Å². The molecule has 60 valence electrons. The molecule has 2 N–H and O–H groups in total. The van der Waals surface area contributed by atoms with E-state index in [0.29, 0.717) is 11.0 Å². The minimum absolute atomic E-state index is 0.435. The van der Waals surface area contributed by atoms with Gasteiger partial charge in [-0.25, -0.2) is 0 Å². The fourth-order valence-electron chi connectivity index (χ4n) is 1.14. The summed E-state index contributed by atoms with van der Waals surface area (Å²) in [6.07, 6.45) is 1.05. The van der Waals surface area contributed by atoms with Gasteiger partial charge in [0.2, 0.25) is 5.13 Å². The van der Waals surface area contributed by atoms with E-state index in [9.17, 15) is 0 Å². The van der Waals surface area contributed by atoms with Crippen molar-refractivity contribution in [3.63, 3.8) is 0 Å². The Bertz CT molecular complexity index is 244. The standard InChI is InChI=1S/C6H9N3OS/c7-6-9-8-5(11-6)4-1-2-10-3-4/h4H,1-3H2,(H2,7,9). The molecule has 1 atom stereocenters. The predicted octanol–water partition coefficient (Wildman–Crippen LogP) is 0.624. The van der Waals surface area contributed by atoms with Crippen molar-refractivity contribution < 1.29 is 4.74 Å². The van der Waals surface area contributed by atoms with Crippen molar-refractivity contribution in [2.45, 2.75) is 12.3 Å². The molecule has 1 aromatic heterocycles. The number of ether oxygens (including phenoxy) is 1. The average molecular weight is 171 g/mol. The van der Waals surface area contributed by atoms with Gasteiger partial charge >= 0.3 is 0 Å². The fraction of sp³-hybridized carbons (Fsp3) is 0.667. The summed E-state index contributed by atoms with van der Waals surface area (Å²) in [5, 5.41) is 9.28. The molecule has 1 aliphatic heterocycles. The summed E-state index contributed by atoms with van der Waals surface area (Å²) in [7, 11) is 0. The third-order valence-electron chi connectivity index (χ3n) is 1.74. The molecule has 0 aromatic carbocycles. The Morgan fingerprint density at radius 2 is 2.45 bits per heavy atom. The number of anilines is 1. The number of rotatable bonds is 1. The predicted molar refractivity (Wildman–Crippen MR) is 42.5 cm³/mol. The smallest absolute Gasteiger partial charge is 0.203 e. The first-order valence-electron chi connectivity index (χ1n) is 3.53. The molecule has 0 aliphatic carbocycles. The number of aromatic nitrogens is 2.